The molecule has 1 aliphatic rings. The van der Waals surface area contributed by atoms with Gasteiger partial charge >= 0.3 is 0 Å². The molecule has 0 radical (unpaired) electrons. The summed E-state index contributed by atoms with van der Waals surface area (Å²) in [5.41, 5.74) is 0.141. The maximum absolute atomic E-state index is 14.4. The molecular formula is C15H17BrCl2F2N2S. The van der Waals surface area contributed by atoms with Crippen LogP contribution in [0.15, 0.2) is 34.1 Å². The van der Waals surface area contributed by atoms with E-state index in [2.05, 4.69) is 26.1 Å². The van der Waals surface area contributed by atoms with Gasteiger partial charge in [-0.2, -0.15) is 0 Å². The summed E-state index contributed by atoms with van der Waals surface area (Å²) in [7, 11) is 0. The van der Waals surface area contributed by atoms with Crippen LogP contribution in [0.3, 0.4) is 0 Å². The Balaban J connectivity index is 0.00000132. The summed E-state index contributed by atoms with van der Waals surface area (Å²) in [6, 6.07) is 6.17. The number of nitrogens with zero attached hydrogens (tertiary/aromatic N) is 1. The molecule has 1 saturated heterocycles. The highest BCUT2D eigenvalue weighted by Gasteiger charge is 2.29. The highest BCUT2D eigenvalue weighted by molar-refractivity contribution is 9.10. The molecule has 1 aliphatic heterocycles. The van der Waals surface area contributed by atoms with Crippen LogP contribution >= 0.6 is 52.1 Å². The van der Waals surface area contributed by atoms with Crippen molar-refractivity contribution < 1.29 is 8.78 Å². The Hall–Kier alpha value is -0.240. The van der Waals surface area contributed by atoms with Crippen molar-refractivity contribution in [2.45, 2.75) is 6.04 Å². The fourth-order valence-corrected chi connectivity index (χ4v) is 3.98. The van der Waals surface area contributed by atoms with Gasteiger partial charge in [-0.25, -0.2) is 8.78 Å². The van der Waals surface area contributed by atoms with E-state index in [0.717, 1.165) is 31.1 Å². The summed E-state index contributed by atoms with van der Waals surface area (Å²) in [4.78, 5) is 3.11. The van der Waals surface area contributed by atoms with E-state index in [-0.39, 0.29) is 36.4 Å². The Morgan fingerprint density at radius 1 is 1.13 bits per heavy atom. The van der Waals surface area contributed by atoms with Crippen molar-refractivity contribution >= 4 is 52.1 Å². The molecule has 2 heterocycles. The summed E-state index contributed by atoms with van der Waals surface area (Å²) in [5.74, 6) is -1.00. The zero-order valence-electron chi connectivity index (χ0n) is 12.1. The van der Waals surface area contributed by atoms with Crippen LogP contribution in [0.25, 0.3) is 0 Å². The normalized spacial score (nSPS) is 16.3. The molecule has 1 aromatic carbocycles. The molecule has 0 saturated carbocycles. The first-order valence-corrected chi connectivity index (χ1v) is 8.46. The second-order valence-electron chi connectivity index (χ2n) is 4.99. The molecule has 2 aromatic rings. The van der Waals surface area contributed by atoms with Crippen molar-refractivity contribution in [2.24, 2.45) is 0 Å². The van der Waals surface area contributed by atoms with Crippen molar-refractivity contribution in [1.82, 2.24) is 10.2 Å². The quantitative estimate of drug-likeness (QED) is 0.740. The molecule has 0 spiro atoms. The van der Waals surface area contributed by atoms with Gasteiger partial charge in [0.2, 0.25) is 0 Å². The van der Waals surface area contributed by atoms with Crippen LogP contribution in [0.2, 0.25) is 0 Å². The molecule has 0 unspecified atom stereocenters. The van der Waals surface area contributed by atoms with Gasteiger partial charge in [-0.15, -0.1) is 36.2 Å². The average molecular weight is 446 g/mol. The highest BCUT2D eigenvalue weighted by atomic mass is 79.9. The van der Waals surface area contributed by atoms with Gasteiger partial charge in [-0.3, -0.25) is 4.90 Å². The summed E-state index contributed by atoms with van der Waals surface area (Å²) in [6.45, 7) is 3.22. The number of nitrogens with one attached hydrogen (secondary N) is 1. The van der Waals surface area contributed by atoms with Crippen LogP contribution in [0.4, 0.5) is 8.78 Å². The lowest BCUT2D eigenvalue weighted by Gasteiger charge is -2.35. The number of benzene rings is 1. The monoisotopic (exact) mass is 444 g/mol. The van der Waals surface area contributed by atoms with Crippen LogP contribution in [0.5, 0.6) is 0 Å². The van der Waals surface area contributed by atoms with Gasteiger partial charge in [0.1, 0.15) is 11.6 Å². The predicted octanol–water partition coefficient (Wildman–Crippen LogP) is 4.63. The molecule has 3 rings (SSSR count). The number of hydrogen-bond donors (Lipinski definition) is 1. The minimum absolute atomic E-state index is 0. The third-order valence-electron chi connectivity index (χ3n) is 3.65. The van der Waals surface area contributed by atoms with Gasteiger partial charge in [-0.1, -0.05) is 22.0 Å². The van der Waals surface area contributed by atoms with Gasteiger partial charge in [0.05, 0.1) is 6.04 Å². The zero-order valence-corrected chi connectivity index (χ0v) is 16.1. The number of halogens is 5. The molecule has 1 aromatic heterocycles. The first kappa shape index (κ1) is 20.8. The summed E-state index contributed by atoms with van der Waals surface area (Å²) in [5, 5.41) is 5.22. The molecule has 1 N–H and O–H groups in total. The standard InChI is InChI=1S/C15H15BrF2N2S.2ClH/c16-10-8-11(17)14(12(18)9-10)15(13-2-1-7-21-13)20-5-3-19-4-6-20;;/h1-2,7-9,15,19H,3-6H2;2*1H/t15-;;/m0../s1. The average Bonchev–Trinajstić information content (AvgIpc) is 2.97. The van der Waals surface area contributed by atoms with Crippen LogP contribution in [-0.4, -0.2) is 31.1 Å². The first-order valence-electron chi connectivity index (χ1n) is 6.79. The topological polar surface area (TPSA) is 15.3 Å². The van der Waals surface area contributed by atoms with Crippen LogP contribution in [-0.2, 0) is 0 Å². The Kier molecular flexibility index (Phi) is 8.41. The fourth-order valence-electron chi connectivity index (χ4n) is 2.71. The van der Waals surface area contributed by atoms with Gasteiger partial charge in [-0.05, 0) is 23.6 Å². The maximum Gasteiger partial charge on any atom is 0.132 e. The van der Waals surface area contributed by atoms with E-state index in [1.165, 1.54) is 23.5 Å². The molecule has 1 atom stereocenters. The van der Waals surface area contributed by atoms with E-state index in [1.807, 2.05) is 17.5 Å². The van der Waals surface area contributed by atoms with Crippen molar-refractivity contribution in [1.29, 1.82) is 0 Å². The number of rotatable bonds is 3. The summed E-state index contributed by atoms with van der Waals surface area (Å²) in [6.07, 6.45) is 0. The molecule has 128 valence electrons. The first-order chi connectivity index (χ1) is 10.2. The number of hydrogen-bond acceptors (Lipinski definition) is 3. The summed E-state index contributed by atoms with van der Waals surface area (Å²) >= 11 is 4.67. The van der Waals surface area contributed by atoms with Crippen molar-refractivity contribution in [2.75, 3.05) is 26.2 Å². The lowest BCUT2D eigenvalue weighted by atomic mass is 10.0. The lowest BCUT2D eigenvalue weighted by Crippen LogP contribution is -2.45. The molecule has 23 heavy (non-hydrogen) atoms. The van der Waals surface area contributed by atoms with E-state index in [9.17, 15) is 8.78 Å². The van der Waals surface area contributed by atoms with Gasteiger partial charge in [0, 0.05) is 41.1 Å². The third-order valence-corrected chi connectivity index (χ3v) is 5.03. The minimum atomic E-state index is -0.501. The molecule has 0 amide bonds. The van der Waals surface area contributed by atoms with Crippen molar-refractivity contribution in [3.05, 3.63) is 56.2 Å². The van der Waals surface area contributed by atoms with Crippen LogP contribution in [0.1, 0.15) is 16.5 Å². The van der Waals surface area contributed by atoms with Gasteiger partial charge in [0.25, 0.3) is 0 Å². The molecule has 8 heteroatoms. The van der Waals surface area contributed by atoms with E-state index < -0.39 is 11.6 Å². The Morgan fingerprint density at radius 2 is 1.74 bits per heavy atom. The molecule has 2 nitrogen and oxygen atoms in total. The Bertz CT molecular complexity index is 599. The second kappa shape index (κ2) is 9.30. The molecular weight excluding hydrogens is 429 g/mol. The predicted molar refractivity (Wildman–Crippen MR) is 99.2 cm³/mol. The largest absolute Gasteiger partial charge is 0.314 e. The Morgan fingerprint density at radius 3 is 2.26 bits per heavy atom. The van der Waals surface area contributed by atoms with Crippen molar-refractivity contribution in [3.8, 4) is 0 Å². The molecule has 0 aliphatic carbocycles. The minimum Gasteiger partial charge on any atom is -0.314 e. The van der Waals surface area contributed by atoms with Crippen LogP contribution in [0, 0.1) is 11.6 Å². The number of thiophene rings is 1. The lowest BCUT2D eigenvalue weighted by molar-refractivity contribution is 0.194. The second-order valence-corrected chi connectivity index (χ2v) is 6.88. The van der Waals surface area contributed by atoms with Crippen LogP contribution < -0.4 is 5.32 Å². The third kappa shape index (κ3) is 4.65. The molecule has 0 bridgehead atoms. The SMILES string of the molecule is Cl.Cl.Fc1cc(Br)cc(F)c1[C@H](c1cccs1)N1CCNCC1. The van der Waals surface area contributed by atoms with E-state index in [1.54, 1.807) is 0 Å². The van der Waals surface area contributed by atoms with Gasteiger partial charge < -0.3 is 5.32 Å². The number of piperazine rings is 1. The maximum atomic E-state index is 14.4. The highest BCUT2D eigenvalue weighted by Crippen LogP contribution is 2.36. The zero-order chi connectivity index (χ0) is 14.8. The van der Waals surface area contributed by atoms with Crippen molar-refractivity contribution in [3.63, 3.8) is 0 Å². The van der Waals surface area contributed by atoms with E-state index in [0.29, 0.717) is 4.47 Å². The molecule has 1 fully saturated rings. The smallest absolute Gasteiger partial charge is 0.132 e. The van der Waals surface area contributed by atoms with E-state index in [4.69, 9.17) is 0 Å². The fraction of sp³-hybridized carbons (Fsp3) is 0.333. The Labute approximate surface area is 159 Å². The van der Waals surface area contributed by atoms with Gasteiger partial charge in [0.15, 0.2) is 0 Å². The van der Waals surface area contributed by atoms with E-state index >= 15 is 0 Å². The summed E-state index contributed by atoms with van der Waals surface area (Å²) < 4.78 is 29.2.